The molecule has 1 amide bonds. The molecule has 4 aromatic rings. The number of para-hydroxylation sites is 2. The Hall–Kier alpha value is -4.26. The molecule has 0 saturated heterocycles. The van der Waals surface area contributed by atoms with Crippen molar-refractivity contribution in [3.8, 4) is 28.5 Å². The average Bonchev–Trinajstić information content (AvgIpc) is 3.32. The van der Waals surface area contributed by atoms with Gasteiger partial charge >= 0.3 is 0 Å². The SMILES string of the molecule is COc1ccccc1C(=O)Nc1ccc(OCc2cc(-c3ccccc3OC)no2)cc1. The first-order chi connectivity index (χ1) is 15.7. The van der Waals surface area contributed by atoms with Gasteiger partial charge in [-0.1, -0.05) is 29.4 Å². The zero-order chi connectivity index (χ0) is 22.3. The highest BCUT2D eigenvalue weighted by molar-refractivity contribution is 6.06. The molecule has 0 saturated carbocycles. The molecule has 0 unspecified atom stereocenters. The Morgan fingerprint density at radius 2 is 1.59 bits per heavy atom. The van der Waals surface area contributed by atoms with Crippen molar-refractivity contribution in [1.82, 2.24) is 5.16 Å². The van der Waals surface area contributed by atoms with Gasteiger partial charge < -0.3 is 24.1 Å². The fourth-order valence-electron chi connectivity index (χ4n) is 3.18. The number of anilines is 1. The van der Waals surface area contributed by atoms with Crippen molar-refractivity contribution in [3.05, 3.63) is 90.2 Å². The Morgan fingerprint density at radius 1 is 0.906 bits per heavy atom. The van der Waals surface area contributed by atoms with E-state index >= 15 is 0 Å². The number of carbonyl (C=O) groups is 1. The van der Waals surface area contributed by atoms with Crippen LogP contribution in [0.1, 0.15) is 16.1 Å². The highest BCUT2D eigenvalue weighted by atomic mass is 16.5. The summed E-state index contributed by atoms with van der Waals surface area (Å²) in [6.07, 6.45) is 0. The molecule has 4 rings (SSSR count). The van der Waals surface area contributed by atoms with Gasteiger partial charge in [-0.05, 0) is 48.5 Å². The quantitative estimate of drug-likeness (QED) is 0.414. The van der Waals surface area contributed by atoms with E-state index in [-0.39, 0.29) is 12.5 Å². The molecule has 3 aromatic carbocycles. The molecule has 0 atom stereocenters. The van der Waals surface area contributed by atoms with E-state index in [0.717, 1.165) is 11.3 Å². The topological polar surface area (TPSA) is 82.8 Å². The van der Waals surface area contributed by atoms with Gasteiger partial charge in [0.25, 0.3) is 5.91 Å². The maximum atomic E-state index is 12.5. The van der Waals surface area contributed by atoms with Crippen LogP contribution >= 0.6 is 0 Å². The van der Waals surface area contributed by atoms with Crippen molar-refractivity contribution in [3.63, 3.8) is 0 Å². The van der Waals surface area contributed by atoms with Crippen LogP contribution in [0.25, 0.3) is 11.3 Å². The Kier molecular flexibility index (Phi) is 6.36. The monoisotopic (exact) mass is 430 g/mol. The van der Waals surface area contributed by atoms with Gasteiger partial charge in [-0.2, -0.15) is 0 Å². The third-order valence-electron chi connectivity index (χ3n) is 4.79. The van der Waals surface area contributed by atoms with E-state index in [0.29, 0.717) is 34.2 Å². The van der Waals surface area contributed by atoms with Gasteiger partial charge in [-0.15, -0.1) is 0 Å². The second kappa shape index (κ2) is 9.70. The number of benzene rings is 3. The van der Waals surface area contributed by atoms with E-state index in [9.17, 15) is 4.79 Å². The van der Waals surface area contributed by atoms with E-state index in [2.05, 4.69) is 10.5 Å². The molecule has 1 heterocycles. The van der Waals surface area contributed by atoms with Crippen molar-refractivity contribution < 1.29 is 23.5 Å². The Balaban J connectivity index is 1.36. The predicted molar refractivity (Wildman–Crippen MR) is 120 cm³/mol. The first-order valence-corrected chi connectivity index (χ1v) is 9.94. The van der Waals surface area contributed by atoms with Crippen molar-refractivity contribution >= 4 is 11.6 Å². The Labute approximate surface area is 185 Å². The molecule has 0 radical (unpaired) electrons. The van der Waals surface area contributed by atoms with Crippen molar-refractivity contribution in [1.29, 1.82) is 0 Å². The Morgan fingerprint density at radius 3 is 2.34 bits per heavy atom. The van der Waals surface area contributed by atoms with E-state index < -0.39 is 0 Å². The van der Waals surface area contributed by atoms with Gasteiger partial charge in [-0.3, -0.25) is 4.79 Å². The summed E-state index contributed by atoms with van der Waals surface area (Å²) in [5.74, 6) is 2.21. The summed E-state index contributed by atoms with van der Waals surface area (Å²) < 4.78 is 21.8. The molecule has 7 heteroatoms. The number of ether oxygens (including phenoxy) is 3. The molecular weight excluding hydrogens is 408 g/mol. The maximum absolute atomic E-state index is 12.5. The standard InChI is InChI=1S/C25H22N2O5/c1-29-23-9-5-3-7-20(23)22-15-19(32-27-22)16-31-18-13-11-17(12-14-18)26-25(28)21-8-4-6-10-24(21)30-2/h3-15H,16H2,1-2H3,(H,26,28). The molecule has 32 heavy (non-hydrogen) atoms. The minimum atomic E-state index is -0.248. The molecule has 0 spiro atoms. The fourth-order valence-corrected chi connectivity index (χ4v) is 3.18. The van der Waals surface area contributed by atoms with Crippen LogP contribution in [0.15, 0.2) is 83.4 Å². The number of nitrogens with zero attached hydrogens (tertiary/aromatic N) is 1. The molecule has 7 nitrogen and oxygen atoms in total. The predicted octanol–water partition coefficient (Wildman–Crippen LogP) is 5.19. The van der Waals surface area contributed by atoms with Crippen molar-refractivity contribution in [2.24, 2.45) is 0 Å². The van der Waals surface area contributed by atoms with Gasteiger partial charge in [0.2, 0.25) is 0 Å². The third-order valence-corrected chi connectivity index (χ3v) is 4.79. The number of carbonyl (C=O) groups excluding carboxylic acids is 1. The zero-order valence-corrected chi connectivity index (χ0v) is 17.7. The summed E-state index contributed by atoms with van der Waals surface area (Å²) in [7, 11) is 3.15. The molecular formula is C25H22N2O5. The van der Waals surface area contributed by atoms with E-state index in [1.54, 1.807) is 49.6 Å². The van der Waals surface area contributed by atoms with Crippen LogP contribution in [0.5, 0.6) is 17.2 Å². The number of nitrogens with one attached hydrogen (secondary N) is 1. The Bertz CT molecular complexity index is 1200. The summed E-state index contributed by atoms with van der Waals surface area (Å²) in [5.41, 5.74) is 2.63. The van der Waals surface area contributed by atoms with Gasteiger partial charge in [0.1, 0.15) is 29.5 Å². The average molecular weight is 430 g/mol. The lowest BCUT2D eigenvalue weighted by molar-refractivity contribution is 0.102. The van der Waals surface area contributed by atoms with Gasteiger partial charge in [0.15, 0.2) is 5.76 Å². The summed E-state index contributed by atoms with van der Waals surface area (Å²) in [4.78, 5) is 12.5. The third kappa shape index (κ3) is 4.73. The molecule has 0 aliphatic rings. The molecule has 162 valence electrons. The van der Waals surface area contributed by atoms with Crippen molar-refractivity contribution in [2.45, 2.75) is 6.61 Å². The minimum Gasteiger partial charge on any atom is -0.496 e. The number of hydrogen-bond donors (Lipinski definition) is 1. The molecule has 0 fully saturated rings. The van der Waals surface area contributed by atoms with E-state index in [1.807, 2.05) is 36.4 Å². The first-order valence-electron chi connectivity index (χ1n) is 9.94. The molecule has 0 aliphatic carbocycles. The summed E-state index contributed by atoms with van der Waals surface area (Å²) in [6.45, 7) is 0.217. The largest absolute Gasteiger partial charge is 0.496 e. The van der Waals surface area contributed by atoms with Gasteiger partial charge in [-0.25, -0.2) is 0 Å². The van der Waals surface area contributed by atoms with Crippen LogP contribution in [0.4, 0.5) is 5.69 Å². The zero-order valence-electron chi connectivity index (χ0n) is 17.7. The molecule has 0 aliphatic heterocycles. The van der Waals surface area contributed by atoms with Crippen LogP contribution in [-0.4, -0.2) is 25.3 Å². The van der Waals surface area contributed by atoms with E-state index in [4.69, 9.17) is 18.7 Å². The number of amides is 1. The summed E-state index contributed by atoms with van der Waals surface area (Å²) in [5, 5.41) is 6.96. The first kappa shape index (κ1) is 21.0. The fraction of sp³-hybridized carbons (Fsp3) is 0.120. The van der Waals surface area contributed by atoms with Crippen LogP contribution in [0.3, 0.4) is 0 Å². The normalized spacial score (nSPS) is 10.4. The van der Waals surface area contributed by atoms with Crippen LogP contribution in [0, 0.1) is 0 Å². The number of hydrogen-bond acceptors (Lipinski definition) is 6. The molecule has 1 aromatic heterocycles. The highest BCUT2D eigenvalue weighted by Gasteiger charge is 2.13. The molecule has 1 N–H and O–H groups in total. The second-order valence-electron chi connectivity index (χ2n) is 6.85. The minimum absolute atomic E-state index is 0.217. The van der Waals surface area contributed by atoms with Crippen LogP contribution in [0.2, 0.25) is 0 Å². The lowest BCUT2D eigenvalue weighted by Crippen LogP contribution is -2.13. The summed E-state index contributed by atoms with van der Waals surface area (Å²) >= 11 is 0. The van der Waals surface area contributed by atoms with Crippen LogP contribution in [-0.2, 0) is 6.61 Å². The maximum Gasteiger partial charge on any atom is 0.259 e. The smallest absolute Gasteiger partial charge is 0.259 e. The van der Waals surface area contributed by atoms with Gasteiger partial charge in [0, 0.05) is 17.3 Å². The summed E-state index contributed by atoms with van der Waals surface area (Å²) in [6, 6.07) is 23.6. The van der Waals surface area contributed by atoms with Gasteiger partial charge in [0.05, 0.1) is 19.8 Å². The van der Waals surface area contributed by atoms with Crippen molar-refractivity contribution in [2.75, 3.05) is 19.5 Å². The lowest BCUT2D eigenvalue weighted by atomic mass is 10.1. The number of rotatable bonds is 8. The van der Waals surface area contributed by atoms with Crippen LogP contribution < -0.4 is 19.5 Å². The number of aromatic nitrogens is 1. The number of methoxy groups -OCH3 is 2. The lowest BCUT2D eigenvalue weighted by Gasteiger charge is -2.10. The molecule has 0 bridgehead atoms. The highest BCUT2D eigenvalue weighted by Crippen LogP contribution is 2.29. The van der Waals surface area contributed by atoms with E-state index in [1.165, 1.54) is 7.11 Å². The second-order valence-corrected chi connectivity index (χ2v) is 6.85.